The summed E-state index contributed by atoms with van der Waals surface area (Å²) in [6.45, 7) is 4.39. The van der Waals surface area contributed by atoms with Gasteiger partial charge >= 0.3 is 24.6 Å². The first kappa shape index (κ1) is 37.9. The minimum atomic E-state index is -5.16. The summed E-state index contributed by atoms with van der Waals surface area (Å²) >= 11 is 1.18. The number of rotatable bonds is 9. The molecule has 3 aromatic carbocycles. The van der Waals surface area contributed by atoms with E-state index in [4.69, 9.17) is 14.2 Å². The maximum Gasteiger partial charge on any atom is 0.416 e. The van der Waals surface area contributed by atoms with Gasteiger partial charge in [-0.1, -0.05) is 6.07 Å². The van der Waals surface area contributed by atoms with Gasteiger partial charge in [-0.15, -0.1) is 11.3 Å². The van der Waals surface area contributed by atoms with E-state index in [1.165, 1.54) is 31.4 Å². The first-order valence-corrected chi connectivity index (χ1v) is 16.0. The van der Waals surface area contributed by atoms with Crippen LogP contribution in [0.2, 0.25) is 0 Å². The second-order valence-corrected chi connectivity index (χ2v) is 12.8. The van der Waals surface area contributed by atoms with Crippen molar-refractivity contribution in [1.29, 1.82) is 0 Å². The number of carbonyl (C=O) groups is 1. The Labute approximate surface area is 289 Å². The molecule has 7 nitrogen and oxygen atoms in total. The van der Waals surface area contributed by atoms with Crippen LogP contribution in [-0.2, 0) is 34.5 Å². The van der Waals surface area contributed by atoms with Crippen LogP contribution in [0.15, 0.2) is 54.6 Å². The molecule has 0 unspecified atom stereocenters. The van der Waals surface area contributed by atoms with E-state index in [-0.39, 0.29) is 40.1 Å². The van der Waals surface area contributed by atoms with Crippen LogP contribution in [0, 0.1) is 6.92 Å². The van der Waals surface area contributed by atoms with Crippen LogP contribution in [0.1, 0.15) is 63.9 Å². The predicted octanol–water partition coefficient (Wildman–Crippen LogP) is 9.96. The van der Waals surface area contributed by atoms with Gasteiger partial charge in [-0.3, -0.25) is 4.90 Å². The number of aliphatic hydroxyl groups excluding tert-OH is 1. The number of halogens is 9. The zero-order valence-corrected chi connectivity index (χ0v) is 27.9. The van der Waals surface area contributed by atoms with Crippen molar-refractivity contribution >= 4 is 17.4 Å². The Bertz CT molecular complexity index is 1890. The number of cyclic esters (lactones) is 1. The monoisotopic (exact) mass is 748 g/mol. The number of ether oxygens (including phenoxy) is 3. The number of methoxy groups -OCH3 is 1. The highest BCUT2D eigenvalue weighted by molar-refractivity contribution is 7.12. The molecule has 1 aliphatic rings. The van der Waals surface area contributed by atoms with Crippen molar-refractivity contribution in [1.82, 2.24) is 9.88 Å². The molecule has 1 aromatic heterocycles. The van der Waals surface area contributed by atoms with Crippen molar-refractivity contribution < 1.29 is 63.6 Å². The average Bonchev–Trinajstić information content (AvgIpc) is 3.58. The van der Waals surface area contributed by atoms with E-state index >= 15 is 0 Å². The van der Waals surface area contributed by atoms with Crippen LogP contribution in [0.25, 0.3) is 22.4 Å². The van der Waals surface area contributed by atoms with E-state index < -0.39 is 71.9 Å². The summed E-state index contributed by atoms with van der Waals surface area (Å²) in [7, 11) is 1.34. The Morgan fingerprint density at radius 1 is 0.902 bits per heavy atom. The van der Waals surface area contributed by atoms with Crippen LogP contribution in [0.3, 0.4) is 0 Å². The molecule has 1 saturated heterocycles. The summed E-state index contributed by atoms with van der Waals surface area (Å²) in [6.07, 6.45) is -19.2. The number of hydrogen-bond donors (Lipinski definition) is 1. The molecule has 5 rings (SSSR count). The fraction of sp³-hybridized carbons (Fsp3) is 0.353. The smallest absolute Gasteiger partial charge is 0.416 e. The molecule has 51 heavy (non-hydrogen) atoms. The second-order valence-electron chi connectivity index (χ2n) is 11.6. The fourth-order valence-corrected chi connectivity index (χ4v) is 6.61. The maximum atomic E-state index is 14.0. The number of aromatic nitrogens is 1. The van der Waals surface area contributed by atoms with E-state index in [1.807, 2.05) is 0 Å². The van der Waals surface area contributed by atoms with Gasteiger partial charge in [0, 0.05) is 22.6 Å². The first-order valence-electron chi connectivity index (χ1n) is 15.2. The van der Waals surface area contributed by atoms with Gasteiger partial charge in [-0.05, 0) is 86.0 Å². The van der Waals surface area contributed by atoms with Gasteiger partial charge in [0.2, 0.25) is 6.29 Å². The van der Waals surface area contributed by atoms with Crippen LogP contribution in [0.5, 0.6) is 5.75 Å². The zero-order valence-electron chi connectivity index (χ0n) is 27.1. The van der Waals surface area contributed by atoms with Gasteiger partial charge in [0.15, 0.2) is 0 Å². The highest BCUT2D eigenvalue weighted by Crippen LogP contribution is 2.44. The molecule has 3 atom stereocenters. The molecule has 0 radical (unpaired) electrons. The van der Waals surface area contributed by atoms with E-state index in [2.05, 4.69) is 4.98 Å². The number of aryl methyl sites for hydroxylation is 1. The Balaban J connectivity index is 1.58. The molecular weight excluding hydrogens is 719 g/mol. The highest BCUT2D eigenvalue weighted by Gasteiger charge is 2.44. The van der Waals surface area contributed by atoms with Crippen molar-refractivity contribution in [2.24, 2.45) is 0 Å². The van der Waals surface area contributed by atoms with Crippen molar-refractivity contribution in [2.45, 2.75) is 64.3 Å². The number of benzene rings is 3. The molecule has 0 spiro atoms. The van der Waals surface area contributed by atoms with Crippen molar-refractivity contribution in [3.05, 3.63) is 92.3 Å². The molecule has 0 aliphatic carbocycles. The SMILES string of the molecule is CCO[C@@H](O)c1nc(-c2ccc(OC)c(-c3ccc(C(F)(F)F)cc3CN3C(=O)O[C@H](c4cc(C(F)(F)F)cc(C(F)(F)F)c4)[C@@H]3C)c2)c(C)s1. The lowest BCUT2D eigenvalue weighted by molar-refractivity contribution is -0.143. The lowest BCUT2D eigenvalue weighted by atomic mass is 9.93. The summed E-state index contributed by atoms with van der Waals surface area (Å²) in [5.74, 6) is 0.223. The summed E-state index contributed by atoms with van der Waals surface area (Å²) < 4.78 is 139. The van der Waals surface area contributed by atoms with E-state index in [9.17, 15) is 49.4 Å². The largest absolute Gasteiger partial charge is 0.496 e. The lowest BCUT2D eigenvalue weighted by Crippen LogP contribution is -2.32. The number of carbonyl (C=O) groups excluding carboxylic acids is 1. The van der Waals surface area contributed by atoms with Crippen molar-refractivity contribution in [2.75, 3.05) is 13.7 Å². The normalized spacial score (nSPS) is 17.5. The number of alkyl halides is 9. The molecule has 17 heteroatoms. The molecule has 1 aliphatic heterocycles. The maximum absolute atomic E-state index is 14.0. The number of hydrogen-bond acceptors (Lipinski definition) is 7. The van der Waals surface area contributed by atoms with Crippen molar-refractivity contribution in [3.8, 4) is 28.1 Å². The Morgan fingerprint density at radius 2 is 1.53 bits per heavy atom. The van der Waals surface area contributed by atoms with Crippen LogP contribution < -0.4 is 4.74 Å². The molecule has 1 N–H and O–H groups in total. The van der Waals surface area contributed by atoms with Gasteiger partial charge < -0.3 is 19.3 Å². The fourth-order valence-electron chi connectivity index (χ4n) is 5.74. The molecule has 0 bridgehead atoms. The van der Waals surface area contributed by atoms with Gasteiger partial charge in [0.1, 0.15) is 16.9 Å². The quantitative estimate of drug-likeness (QED) is 0.136. The second kappa shape index (κ2) is 14.0. The molecule has 1 amide bonds. The number of aliphatic hydroxyl groups is 1. The van der Waals surface area contributed by atoms with Crippen LogP contribution >= 0.6 is 11.3 Å². The van der Waals surface area contributed by atoms with Gasteiger partial charge in [-0.25, -0.2) is 9.78 Å². The number of amides is 1. The number of nitrogens with zero attached hydrogens (tertiary/aromatic N) is 2. The molecule has 1 fully saturated rings. The van der Waals surface area contributed by atoms with Gasteiger partial charge in [0.25, 0.3) is 0 Å². The first-order chi connectivity index (χ1) is 23.7. The minimum absolute atomic E-state index is 0.0613. The summed E-state index contributed by atoms with van der Waals surface area (Å²) in [5.41, 5.74) is -3.57. The third kappa shape index (κ3) is 7.94. The molecule has 4 aromatic rings. The Kier molecular flexibility index (Phi) is 10.4. The standard InChI is InChI=1S/C34H29F9N2O5S/c1-5-49-30(46)29-44-27(17(3)51-29)18-6-9-26(48-4)25(13-18)24-8-7-21(32(35,36)37)12-20(24)15-45-16(2)28(50-31(45)47)19-10-22(33(38,39)40)14-23(11-19)34(41,42)43/h6-14,16,28,30,46H,5,15H2,1-4H3/t16-,28-,30+/m0/s1. The summed E-state index contributed by atoms with van der Waals surface area (Å²) in [6, 6.07) is 7.20. The zero-order chi connectivity index (χ0) is 37.6. The van der Waals surface area contributed by atoms with E-state index in [1.54, 1.807) is 32.0 Å². The molecule has 274 valence electrons. The van der Waals surface area contributed by atoms with E-state index in [0.29, 0.717) is 28.3 Å². The minimum Gasteiger partial charge on any atom is -0.496 e. The van der Waals surface area contributed by atoms with Gasteiger partial charge in [0.05, 0.1) is 42.1 Å². The Morgan fingerprint density at radius 3 is 2.10 bits per heavy atom. The lowest BCUT2D eigenvalue weighted by Gasteiger charge is -2.24. The third-order valence-corrected chi connectivity index (χ3v) is 9.22. The highest BCUT2D eigenvalue weighted by atomic mass is 32.1. The number of thiazole rings is 1. The Hall–Kier alpha value is -4.35. The van der Waals surface area contributed by atoms with E-state index in [0.717, 1.165) is 17.0 Å². The average molecular weight is 749 g/mol. The summed E-state index contributed by atoms with van der Waals surface area (Å²) in [4.78, 5) is 19.2. The molecular formula is C34H29F9N2O5S. The molecule has 2 heterocycles. The van der Waals surface area contributed by atoms with Crippen molar-refractivity contribution in [3.63, 3.8) is 0 Å². The molecule has 0 saturated carbocycles. The van der Waals surface area contributed by atoms with Gasteiger partial charge in [-0.2, -0.15) is 39.5 Å². The predicted molar refractivity (Wildman–Crippen MR) is 167 cm³/mol. The topological polar surface area (TPSA) is 81.1 Å². The summed E-state index contributed by atoms with van der Waals surface area (Å²) in [5, 5.41) is 10.6. The van der Waals surface area contributed by atoms with Crippen LogP contribution in [0.4, 0.5) is 44.3 Å². The van der Waals surface area contributed by atoms with Crippen LogP contribution in [-0.4, -0.2) is 40.8 Å². The third-order valence-electron chi connectivity index (χ3n) is 8.22.